The number of nitrogens with one attached hydrogen (secondary N) is 1. The molecule has 3 N–H and O–H groups in total. The van der Waals surface area contributed by atoms with Gasteiger partial charge in [-0.05, 0) is 37.4 Å². The molecule has 0 aromatic carbocycles. The molecule has 3 rings (SSSR count). The Bertz CT molecular complexity index is 818. The van der Waals surface area contributed by atoms with Gasteiger partial charge in [0.2, 0.25) is 5.28 Å². The van der Waals surface area contributed by atoms with Gasteiger partial charge in [0.1, 0.15) is 5.82 Å². The molecule has 0 saturated carbocycles. The topological polar surface area (TPSA) is 89.6 Å². The van der Waals surface area contributed by atoms with Crippen molar-refractivity contribution in [3.8, 4) is 0 Å². The normalized spacial score (nSPS) is 12.5. The van der Waals surface area contributed by atoms with Crippen LogP contribution >= 0.6 is 22.9 Å². The summed E-state index contributed by atoms with van der Waals surface area (Å²) in [5.41, 5.74) is 8.77. The Hall–Kier alpha value is -1.83. The largest absolute Gasteiger partial charge is 0.363 e. The summed E-state index contributed by atoms with van der Waals surface area (Å²) in [4.78, 5) is 18.2. The van der Waals surface area contributed by atoms with Crippen molar-refractivity contribution in [2.75, 3.05) is 5.32 Å². The van der Waals surface area contributed by atoms with Gasteiger partial charge >= 0.3 is 0 Å². The average Bonchev–Trinajstić information content (AvgIpc) is 2.82. The van der Waals surface area contributed by atoms with E-state index in [1.54, 1.807) is 29.9 Å². The number of nitrogens with zero attached hydrogens (tertiary/aromatic N) is 4. The van der Waals surface area contributed by atoms with E-state index < -0.39 is 0 Å². The fourth-order valence-corrected chi connectivity index (χ4v) is 3.83. The fraction of sp³-hybridized carbons (Fsp3) is 0.333. The van der Waals surface area contributed by atoms with Crippen LogP contribution < -0.4 is 11.1 Å². The number of rotatable bonds is 5. The highest BCUT2D eigenvalue weighted by atomic mass is 35.5. The van der Waals surface area contributed by atoms with Gasteiger partial charge in [0.25, 0.3) is 0 Å². The van der Waals surface area contributed by atoms with Crippen LogP contribution in [0.15, 0.2) is 18.6 Å². The summed E-state index contributed by atoms with van der Waals surface area (Å²) in [5.74, 6) is 0.717. The van der Waals surface area contributed by atoms with Crippen LogP contribution in [-0.4, -0.2) is 26.0 Å². The number of aromatic nitrogens is 4. The van der Waals surface area contributed by atoms with E-state index in [1.165, 1.54) is 4.88 Å². The number of hydrogen-bond donors (Lipinski definition) is 2. The van der Waals surface area contributed by atoms with Gasteiger partial charge in [-0.25, -0.2) is 4.98 Å². The summed E-state index contributed by atoms with van der Waals surface area (Å²) in [6.45, 7) is 4.57. The summed E-state index contributed by atoms with van der Waals surface area (Å²) >= 11 is 7.74. The van der Waals surface area contributed by atoms with Crippen LogP contribution in [0.25, 0.3) is 10.2 Å². The molecular formula is C15H17ClN6S. The molecule has 23 heavy (non-hydrogen) atoms. The molecule has 3 aromatic rings. The van der Waals surface area contributed by atoms with Crippen LogP contribution in [0.3, 0.4) is 0 Å². The molecule has 0 bridgehead atoms. The Labute approximate surface area is 143 Å². The standard InChI is InChI=1S/C15H17ClN6S/c1-8(17)5-11-9(2)12-13(23-11)14(22-15(16)21-12)20-7-10-6-18-3-4-19-10/h3-4,6,8H,5,7,17H2,1-2H3,(H,20,21,22)/t8-/m0/s1. The first-order chi connectivity index (χ1) is 11.0. The number of nitrogens with two attached hydrogens (primary N) is 1. The predicted molar refractivity (Wildman–Crippen MR) is 93.9 cm³/mol. The number of halogens is 1. The van der Waals surface area contributed by atoms with Gasteiger partial charge in [-0.1, -0.05) is 0 Å². The van der Waals surface area contributed by atoms with Crippen LogP contribution in [0.2, 0.25) is 5.28 Å². The molecule has 0 aliphatic heterocycles. The van der Waals surface area contributed by atoms with Crippen LogP contribution in [0.4, 0.5) is 5.82 Å². The Balaban J connectivity index is 1.96. The van der Waals surface area contributed by atoms with Gasteiger partial charge in [0.15, 0.2) is 0 Å². The Morgan fingerprint density at radius 1 is 1.35 bits per heavy atom. The van der Waals surface area contributed by atoms with Gasteiger partial charge in [-0.3, -0.25) is 9.97 Å². The third-order valence-electron chi connectivity index (χ3n) is 3.40. The van der Waals surface area contributed by atoms with E-state index in [2.05, 4.69) is 25.3 Å². The van der Waals surface area contributed by atoms with Crippen molar-refractivity contribution in [3.05, 3.63) is 40.0 Å². The second-order valence-corrected chi connectivity index (χ2v) is 6.84. The van der Waals surface area contributed by atoms with Crippen molar-refractivity contribution >= 4 is 39.0 Å². The molecular weight excluding hydrogens is 332 g/mol. The maximum absolute atomic E-state index is 6.08. The number of thiophene rings is 1. The number of anilines is 1. The van der Waals surface area contributed by atoms with E-state index in [-0.39, 0.29) is 11.3 Å². The SMILES string of the molecule is Cc1c(C[C@H](C)N)sc2c(NCc3cnccn3)nc(Cl)nc12. The van der Waals surface area contributed by atoms with Gasteiger partial charge in [-0.15, -0.1) is 11.3 Å². The van der Waals surface area contributed by atoms with Gasteiger partial charge in [0.05, 0.1) is 28.7 Å². The van der Waals surface area contributed by atoms with E-state index >= 15 is 0 Å². The highest BCUT2D eigenvalue weighted by Crippen LogP contribution is 2.35. The second kappa shape index (κ2) is 6.74. The third kappa shape index (κ3) is 3.57. The minimum Gasteiger partial charge on any atom is -0.363 e. The molecule has 8 heteroatoms. The van der Waals surface area contributed by atoms with Gasteiger partial charge in [0, 0.05) is 23.3 Å². The van der Waals surface area contributed by atoms with E-state index in [1.807, 2.05) is 13.8 Å². The molecule has 3 heterocycles. The predicted octanol–water partition coefficient (Wildman–Crippen LogP) is 2.94. The van der Waals surface area contributed by atoms with Gasteiger partial charge in [-0.2, -0.15) is 4.98 Å². The van der Waals surface area contributed by atoms with Crippen molar-refractivity contribution in [3.63, 3.8) is 0 Å². The van der Waals surface area contributed by atoms with Crippen molar-refractivity contribution in [1.29, 1.82) is 0 Å². The Kier molecular flexibility index (Phi) is 4.70. The zero-order valence-corrected chi connectivity index (χ0v) is 14.4. The summed E-state index contributed by atoms with van der Waals surface area (Å²) in [6, 6.07) is 0.0983. The molecule has 0 spiro atoms. The zero-order valence-electron chi connectivity index (χ0n) is 12.9. The zero-order chi connectivity index (χ0) is 16.4. The maximum atomic E-state index is 6.08. The lowest BCUT2D eigenvalue weighted by atomic mass is 10.1. The van der Waals surface area contributed by atoms with E-state index in [4.69, 9.17) is 17.3 Å². The fourth-order valence-electron chi connectivity index (χ4n) is 2.31. The lowest BCUT2D eigenvalue weighted by molar-refractivity contribution is 0.744. The lowest BCUT2D eigenvalue weighted by Crippen LogP contribution is -2.17. The molecule has 1 atom stereocenters. The minimum absolute atomic E-state index is 0.0983. The number of aryl methyl sites for hydroxylation is 1. The molecule has 0 fully saturated rings. The van der Waals surface area contributed by atoms with Crippen LogP contribution in [0, 0.1) is 6.92 Å². The van der Waals surface area contributed by atoms with E-state index in [0.29, 0.717) is 6.54 Å². The molecule has 120 valence electrons. The summed E-state index contributed by atoms with van der Waals surface area (Å²) < 4.78 is 0.992. The van der Waals surface area contributed by atoms with Crippen LogP contribution in [0.1, 0.15) is 23.1 Å². The summed E-state index contributed by atoms with van der Waals surface area (Å²) in [6.07, 6.45) is 5.84. The van der Waals surface area contributed by atoms with Crippen LogP contribution in [-0.2, 0) is 13.0 Å². The van der Waals surface area contributed by atoms with Crippen molar-refractivity contribution in [2.45, 2.75) is 32.9 Å². The Morgan fingerprint density at radius 2 is 2.17 bits per heavy atom. The molecule has 0 saturated heterocycles. The lowest BCUT2D eigenvalue weighted by Gasteiger charge is -2.06. The number of fused-ring (bicyclic) bond motifs is 1. The quantitative estimate of drug-likeness (QED) is 0.689. The molecule has 0 radical (unpaired) electrons. The maximum Gasteiger partial charge on any atom is 0.224 e. The molecule has 0 aliphatic carbocycles. The number of hydrogen-bond acceptors (Lipinski definition) is 7. The van der Waals surface area contributed by atoms with E-state index in [9.17, 15) is 0 Å². The average molecular weight is 349 g/mol. The highest BCUT2D eigenvalue weighted by Gasteiger charge is 2.16. The first-order valence-electron chi connectivity index (χ1n) is 7.24. The molecule has 0 aliphatic rings. The molecule has 6 nitrogen and oxygen atoms in total. The van der Waals surface area contributed by atoms with Crippen molar-refractivity contribution in [2.24, 2.45) is 5.73 Å². The molecule has 3 aromatic heterocycles. The summed E-state index contributed by atoms with van der Waals surface area (Å²) in [5, 5.41) is 3.51. The monoisotopic (exact) mass is 348 g/mol. The minimum atomic E-state index is 0.0983. The molecule has 0 amide bonds. The first-order valence-corrected chi connectivity index (χ1v) is 8.44. The van der Waals surface area contributed by atoms with Crippen LogP contribution in [0.5, 0.6) is 0 Å². The van der Waals surface area contributed by atoms with Crippen molar-refractivity contribution < 1.29 is 0 Å². The first kappa shape index (κ1) is 16.0. The van der Waals surface area contributed by atoms with Gasteiger partial charge < -0.3 is 11.1 Å². The highest BCUT2D eigenvalue weighted by molar-refractivity contribution is 7.19. The summed E-state index contributed by atoms with van der Waals surface area (Å²) in [7, 11) is 0. The molecule has 0 unspecified atom stereocenters. The second-order valence-electron chi connectivity index (χ2n) is 5.40. The third-order valence-corrected chi connectivity index (χ3v) is 4.88. The Morgan fingerprint density at radius 3 is 2.87 bits per heavy atom. The smallest absolute Gasteiger partial charge is 0.224 e. The van der Waals surface area contributed by atoms with Crippen molar-refractivity contribution in [1.82, 2.24) is 19.9 Å². The van der Waals surface area contributed by atoms with E-state index in [0.717, 1.165) is 33.7 Å².